The maximum absolute atomic E-state index is 5.87. The van der Waals surface area contributed by atoms with Crippen molar-refractivity contribution in [2.75, 3.05) is 13.2 Å². The van der Waals surface area contributed by atoms with E-state index in [0.717, 1.165) is 23.7 Å². The molecule has 0 bridgehead atoms. The van der Waals surface area contributed by atoms with Crippen LogP contribution in [0.25, 0.3) is 0 Å². The molecule has 0 aliphatic carbocycles. The summed E-state index contributed by atoms with van der Waals surface area (Å²) in [7, 11) is 0. The summed E-state index contributed by atoms with van der Waals surface area (Å²) in [6.07, 6.45) is 1.03. The van der Waals surface area contributed by atoms with Crippen LogP contribution in [0.15, 0.2) is 5.38 Å². The first-order valence-corrected chi connectivity index (χ1v) is 5.37. The van der Waals surface area contributed by atoms with Crippen molar-refractivity contribution in [1.29, 1.82) is 0 Å². The number of hydrogen-bond acceptors (Lipinski definition) is 4. The third kappa shape index (κ3) is 3.42. The molecular formula is C9H16N2OS. The van der Waals surface area contributed by atoms with Crippen LogP contribution in [0.4, 0.5) is 0 Å². The van der Waals surface area contributed by atoms with E-state index in [-0.39, 0.29) is 6.04 Å². The van der Waals surface area contributed by atoms with Gasteiger partial charge in [0.1, 0.15) is 0 Å². The first-order chi connectivity index (χ1) is 6.24. The quantitative estimate of drug-likeness (QED) is 0.738. The van der Waals surface area contributed by atoms with E-state index >= 15 is 0 Å². The summed E-state index contributed by atoms with van der Waals surface area (Å²) in [4.78, 5) is 4.30. The van der Waals surface area contributed by atoms with Crippen LogP contribution in [0.1, 0.15) is 30.1 Å². The lowest BCUT2D eigenvalue weighted by atomic mass is 10.2. The van der Waals surface area contributed by atoms with Crippen LogP contribution in [0.5, 0.6) is 0 Å². The smallest absolute Gasteiger partial charge is 0.0898 e. The fourth-order valence-corrected chi connectivity index (χ4v) is 1.67. The van der Waals surface area contributed by atoms with Gasteiger partial charge in [-0.1, -0.05) is 6.92 Å². The molecule has 1 heterocycles. The molecule has 0 amide bonds. The number of nitrogens with two attached hydrogens (primary N) is 1. The molecule has 2 N–H and O–H groups in total. The Morgan fingerprint density at radius 3 is 3.00 bits per heavy atom. The molecule has 1 aromatic heterocycles. The van der Waals surface area contributed by atoms with E-state index in [0.29, 0.717) is 6.61 Å². The first-order valence-electron chi connectivity index (χ1n) is 4.49. The van der Waals surface area contributed by atoms with Crippen molar-refractivity contribution in [3.63, 3.8) is 0 Å². The molecule has 0 saturated heterocycles. The van der Waals surface area contributed by atoms with Crippen molar-refractivity contribution in [2.24, 2.45) is 5.73 Å². The SMILES string of the molecule is CCCOCC(N)c1csc(C)n1. The largest absolute Gasteiger partial charge is 0.379 e. The zero-order valence-corrected chi connectivity index (χ0v) is 8.93. The van der Waals surface area contributed by atoms with Gasteiger partial charge in [-0.05, 0) is 13.3 Å². The summed E-state index contributed by atoms with van der Waals surface area (Å²) in [5, 5.41) is 3.05. The van der Waals surface area contributed by atoms with E-state index in [1.807, 2.05) is 12.3 Å². The van der Waals surface area contributed by atoms with Crippen LogP contribution in [0.3, 0.4) is 0 Å². The number of hydrogen-bond donors (Lipinski definition) is 1. The number of ether oxygens (including phenoxy) is 1. The van der Waals surface area contributed by atoms with Gasteiger partial charge in [0.15, 0.2) is 0 Å². The fraction of sp³-hybridized carbons (Fsp3) is 0.667. The van der Waals surface area contributed by atoms with E-state index in [1.54, 1.807) is 11.3 Å². The molecule has 1 aromatic rings. The minimum absolute atomic E-state index is 0.0727. The molecule has 13 heavy (non-hydrogen) atoms. The molecule has 0 aromatic carbocycles. The molecule has 1 unspecified atom stereocenters. The average molecular weight is 200 g/mol. The van der Waals surface area contributed by atoms with Gasteiger partial charge in [-0.2, -0.15) is 0 Å². The van der Waals surface area contributed by atoms with Gasteiger partial charge in [0.25, 0.3) is 0 Å². The van der Waals surface area contributed by atoms with E-state index in [4.69, 9.17) is 10.5 Å². The first kappa shape index (κ1) is 10.6. The molecule has 0 radical (unpaired) electrons. The van der Waals surface area contributed by atoms with Gasteiger partial charge in [-0.15, -0.1) is 11.3 Å². The van der Waals surface area contributed by atoms with Gasteiger partial charge in [0.2, 0.25) is 0 Å². The summed E-state index contributed by atoms with van der Waals surface area (Å²) in [6.45, 7) is 5.40. The van der Waals surface area contributed by atoms with Crippen molar-refractivity contribution in [2.45, 2.75) is 26.3 Å². The van der Waals surface area contributed by atoms with Crippen LogP contribution >= 0.6 is 11.3 Å². The monoisotopic (exact) mass is 200 g/mol. The molecule has 0 saturated carbocycles. The van der Waals surface area contributed by atoms with E-state index < -0.39 is 0 Å². The molecule has 0 aliphatic heterocycles. The highest BCUT2D eigenvalue weighted by Gasteiger charge is 2.08. The van der Waals surface area contributed by atoms with Crippen molar-refractivity contribution < 1.29 is 4.74 Å². The predicted molar refractivity (Wildman–Crippen MR) is 54.9 cm³/mol. The molecule has 4 heteroatoms. The molecule has 0 aliphatic rings. The summed E-state index contributed by atoms with van der Waals surface area (Å²) < 4.78 is 5.35. The molecule has 3 nitrogen and oxygen atoms in total. The lowest BCUT2D eigenvalue weighted by Crippen LogP contribution is -2.17. The Hall–Kier alpha value is -0.450. The Labute approximate surface area is 82.9 Å². The zero-order chi connectivity index (χ0) is 9.68. The average Bonchev–Trinajstić information content (AvgIpc) is 2.52. The number of aromatic nitrogens is 1. The lowest BCUT2D eigenvalue weighted by molar-refractivity contribution is 0.121. The lowest BCUT2D eigenvalue weighted by Gasteiger charge is -2.08. The van der Waals surface area contributed by atoms with Crippen molar-refractivity contribution >= 4 is 11.3 Å². The van der Waals surface area contributed by atoms with Gasteiger partial charge in [-0.3, -0.25) is 0 Å². The Balaban J connectivity index is 2.35. The summed E-state index contributed by atoms with van der Waals surface area (Å²) in [5.41, 5.74) is 6.81. The van der Waals surface area contributed by atoms with Crippen LogP contribution in [-0.2, 0) is 4.74 Å². The third-order valence-corrected chi connectivity index (χ3v) is 2.45. The molecule has 74 valence electrons. The standard InChI is InChI=1S/C9H16N2OS/c1-3-4-12-5-8(10)9-6-13-7(2)11-9/h6,8H,3-5,10H2,1-2H3. The molecule has 1 rings (SSSR count). The third-order valence-electron chi connectivity index (χ3n) is 1.66. The summed E-state index contributed by atoms with van der Waals surface area (Å²) in [5.74, 6) is 0. The van der Waals surface area contributed by atoms with Crippen LogP contribution in [0, 0.1) is 6.92 Å². The molecule has 0 spiro atoms. The van der Waals surface area contributed by atoms with E-state index in [1.165, 1.54) is 0 Å². The van der Waals surface area contributed by atoms with Crippen LogP contribution in [-0.4, -0.2) is 18.2 Å². The van der Waals surface area contributed by atoms with E-state index in [9.17, 15) is 0 Å². The Bertz CT molecular complexity index is 250. The number of rotatable bonds is 5. The zero-order valence-electron chi connectivity index (χ0n) is 8.12. The summed E-state index contributed by atoms with van der Waals surface area (Å²) in [6, 6.07) is -0.0727. The highest BCUT2D eigenvalue weighted by molar-refractivity contribution is 7.09. The maximum atomic E-state index is 5.87. The molecule has 0 fully saturated rings. The Morgan fingerprint density at radius 2 is 2.46 bits per heavy atom. The number of aryl methyl sites for hydroxylation is 1. The van der Waals surface area contributed by atoms with Crippen molar-refractivity contribution in [3.8, 4) is 0 Å². The highest BCUT2D eigenvalue weighted by Crippen LogP contribution is 2.14. The Kier molecular flexibility index (Phi) is 4.35. The van der Waals surface area contributed by atoms with Crippen LogP contribution < -0.4 is 5.73 Å². The highest BCUT2D eigenvalue weighted by atomic mass is 32.1. The second-order valence-electron chi connectivity index (χ2n) is 2.97. The minimum atomic E-state index is -0.0727. The fourth-order valence-electron chi connectivity index (χ4n) is 0.990. The second kappa shape index (κ2) is 5.32. The van der Waals surface area contributed by atoms with Gasteiger partial charge in [-0.25, -0.2) is 4.98 Å². The Morgan fingerprint density at radius 1 is 1.69 bits per heavy atom. The van der Waals surface area contributed by atoms with Gasteiger partial charge in [0, 0.05) is 12.0 Å². The van der Waals surface area contributed by atoms with E-state index in [2.05, 4.69) is 11.9 Å². The minimum Gasteiger partial charge on any atom is -0.379 e. The second-order valence-corrected chi connectivity index (χ2v) is 4.04. The summed E-state index contributed by atoms with van der Waals surface area (Å²) >= 11 is 1.63. The van der Waals surface area contributed by atoms with Gasteiger partial charge in [0.05, 0.1) is 23.4 Å². The van der Waals surface area contributed by atoms with Gasteiger partial charge >= 0.3 is 0 Å². The number of thiazole rings is 1. The van der Waals surface area contributed by atoms with Crippen molar-refractivity contribution in [1.82, 2.24) is 4.98 Å². The molecular weight excluding hydrogens is 184 g/mol. The molecule has 1 atom stereocenters. The maximum Gasteiger partial charge on any atom is 0.0898 e. The topological polar surface area (TPSA) is 48.1 Å². The normalized spacial score (nSPS) is 13.2. The number of nitrogens with zero attached hydrogens (tertiary/aromatic N) is 1. The predicted octanol–water partition coefficient (Wildman–Crippen LogP) is 1.88. The van der Waals surface area contributed by atoms with Crippen LogP contribution in [0.2, 0.25) is 0 Å². The van der Waals surface area contributed by atoms with Crippen molar-refractivity contribution in [3.05, 3.63) is 16.1 Å². The van der Waals surface area contributed by atoms with Gasteiger partial charge < -0.3 is 10.5 Å².